The van der Waals surface area contributed by atoms with Crippen LogP contribution in [0.3, 0.4) is 0 Å². The molecule has 180 valence electrons. The molecule has 0 aliphatic carbocycles. The van der Waals surface area contributed by atoms with E-state index in [-0.39, 0.29) is 12.7 Å². The zero-order valence-corrected chi connectivity index (χ0v) is 19.7. The predicted molar refractivity (Wildman–Crippen MR) is 128 cm³/mol. The monoisotopic (exact) mass is 456 g/mol. The van der Waals surface area contributed by atoms with Crippen molar-refractivity contribution in [2.75, 3.05) is 51.4 Å². The fourth-order valence-electron chi connectivity index (χ4n) is 4.56. The molecule has 0 spiro atoms. The number of nitrogens with one attached hydrogen (secondary N) is 1. The van der Waals surface area contributed by atoms with Gasteiger partial charge in [-0.1, -0.05) is 12.1 Å². The molecule has 2 aromatic rings. The third-order valence-electron chi connectivity index (χ3n) is 6.40. The summed E-state index contributed by atoms with van der Waals surface area (Å²) in [6.45, 7) is 5.83. The summed E-state index contributed by atoms with van der Waals surface area (Å²) in [5, 5.41) is 23.1. The number of aliphatic hydroxyl groups is 2. The van der Waals surface area contributed by atoms with Gasteiger partial charge in [0, 0.05) is 49.7 Å². The molecule has 2 aliphatic rings. The number of aromatic nitrogens is 2. The van der Waals surface area contributed by atoms with Crippen molar-refractivity contribution in [3.63, 3.8) is 0 Å². The molecule has 8 nitrogen and oxygen atoms in total. The highest BCUT2D eigenvalue weighted by molar-refractivity contribution is 5.62. The summed E-state index contributed by atoms with van der Waals surface area (Å²) in [7, 11) is 1.80. The van der Waals surface area contributed by atoms with Crippen LogP contribution in [0.4, 0.5) is 5.82 Å². The SMILES string of the molecule is CNCC(O)COc1cccc(-c2nc(C[C@@H]3CCOC3)c(C)c(N3CCC[C@@H](O)C3)n2)c1. The Hall–Kier alpha value is -2.26. The van der Waals surface area contributed by atoms with Crippen molar-refractivity contribution in [1.29, 1.82) is 0 Å². The molecule has 1 aromatic heterocycles. The Labute approximate surface area is 196 Å². The van der Waals surface area contributed by atoms with E-state index in [0.717, 1.165) is 68.1 Å². The van der Waals surface area contributed by atoms with Crippen LogP contribution >= 0.6 is 0 Å². The molecule has 3 atom stereocenters. The molecule has 2 aliphatic heterocycles. The fraction of sp³-hybridized carbons (Fsp3) is 0.600. The molecule has 0 radical (unpaired) electrons. The maximum absolute atomic E-state index is 10.3. The molecular formula is C25H36N4O4. The summed E-state index contributed by atoms with van der Waals surface area (Å²) in [5.41, 5.74) is 3.00. The van der Waals surface area contributed by atoms with E-state index in [1.807, 2.05) is 24.3 Å². The Morgan fingerprint density at radius 3 is 2.94 bits per heavy atom. The molecule has 2 saturated heterocycles. The topological polar surface area (TPSA) is 100.0 Å². The van der Waals surface area contributed by atoms with Gasteiger partial charge in [-0.05, 0) is 57.7 Å². The Balaban J connectivity index is 1.64. The second kappa shape index (κ2) is 11.2. The number of ether oxygens (including phenoxy) is 2. The third-order valence-corrected chi connectivity index (χ3v) is 6.40. The molecule has 0 saturated carbocycles. The summed E-state index contributed by atoms with van der Waals surface area (Å²) >= 11 is 0. The molecule has 33 heavy (non-hydrogen) atoms. The molecule has 1 aromatic carbocycles. The zero-order chi connectivity index (χ0) is 23.2. The zero-order valence-electron chi connectivity index (χ0n) is 19.7. The number of β-amino-alcohol motifs (C(OH)–C–C–N with tert-alkyl or cyclic N) is 1. The second-order valence-corrected chi connectivity index (χ2v) is 9.17. The highest BCUT2D eigenvalue weighted by atomic mass is 16.5. The Kier molecular flexibility index (Phi) is 8.14. The maximum Gasteiger partial charge on any atom is 0.161 e. The number of piperidine rings is 1. The Morgan fingerprint density at radius 2 is 2.18 bits per heavy atom. The van der Waals surface area contributed by atoms with Gasteiger partial charge in [-0.25, -0.2) is 9.97 Å². The molecule has 3 N–H and O–H groups in total. The Bertz CT molecular complexity index is 919. The van der Waals surface area contributed by atoms with Crippen LogP contribution in [0.5, 0.6) is 5.75 Å². The number of likely N-dealkylation sites (N-methyl/N-ethyl adjacent to an activating group) is 1. The number of aliphatic hydroxyl groups excluding tert-OH is 2. The van der Waals surface area contributed by atoms with Gasteiger partial charge in [0.25, 0.3) is 0 Å². The summed E-state index contributed by atoms with van der Waals surface area (Å²) in [5.74, 6) is 2.70. The smallest absolute Gasteiger partial charge is 0.161 e. The van der Waals surface area contributed by atoms with Gasteiger partial charge in [0.2, 0.25) is 0 Å². The lowest BCUT2D eigenvalue weighted by atomic mass is 9.99. The molecule has 4 rings (SSSR count). The van der Waals surface area contributed by atoms with E-state index >= 15 is 0 Å². The number of benzene rings is 1. The van der Waals surface area contributed by atoms with Crippen molar-refractivity contribution < 1.29 is 19.7 Å². The lowest BCUT2D eigenvalue weighted by molar-refractivity contribution is 0.108. The van der Waals surface area contributed by atoms with Crippen molar-refractivity contribution in [2.45, 2.75) is 44.8 Å². The van der Waals surface area contributed by atoms with Gasteiger partial charge < -0.3 is 29.9 Å². The van der Waals surface area contributed by atoms with Crippen LogP contribution in [-0.4, -0.2) is 78.9 Å². The van der Waals surface area contributed by atoms with Gasteiger partial charge in [-0.15, -0.1) is 0 Å². The van der Waals surface area contributed by atoms with E-state index in [0.29, 0.717) is 30.6 Å². The summed E-state index contributed by atoms with van der Waals surface area (Å²) < 4.78 is 11.4. The van der Waals surface area contributed by atoms with E-state index < -0.39 is 6.10 Å². The van der Waals surface area contributed by atoms with Crippen LogP contribution in [0, 0.1) is 12.8 Å². The molecule has 1 unspecified atom stereocenters. The first-order valence-electron chi connectivity index (χ1n) is 12.0. The van der Waals surface area contributed by atoms with Crippen molar-refractivity contribution in [1.82, 2.24) is 15.3 Å². The van der Waals surface area contributed by atoms with Crippen LogP contribution in [0.1, 0.15) is 30.5 Å². The van der Waals surface area contributed by atoms with Crippen LogP contribution in [0.15, 0.2) is 24.3 Å². The van der Waals surface area contributed by atoms with Gasteiger partial charge >= 0.3 is 0 Å². The predicted octanol–water partition coefficient (Wildman–Crippen LogP) is 1.95. The number of anilines is 1. The second-order valence-electron chi connectivity index (χ2n) is 9.17. The van der Waals surface area contributed by atoms with Gasteiger partial charge in [0.05, 0.1) is 6.10 Å². The number of rotatable bonds is 9. The number of hydrogen-bond donors (Lipinski definition) is 3. The van der Waals surface area contributed by atoms with Crippen LogP contribution < -0.4 is 15.0 Å². The highest BCUT2D eigenvalue weighted by Gasteiger charge is 2.25. The third kappa shape index (κ3) is 6.20. The lowest BCUT2D eigenvalue weighted by Crippen LogP contribution is -2.39. The fourth-order valence-corrected chi connectivity index (χ4v) is 4.56. The minimum absolute atomic E-state index is 0.211. The summed E-state index contributed by atoms with van der Waals surface area (Å²) in [6.07, 6.45) is 2.78. The van der Waals surface area contributed by atoms with Crippen molar-refractivity contribution >= 4 is 5.82 Å². The molecule has 8 heteroatoms. The van der Waals surface area contributed by atoms with Gasteiger partial charge in [0.1, 0.15) is 24.3 Å². The first-order valence-corrected chi connectivity index (χ1v) is 12.0. The average molecular weight is 457 g/mol. The van der Waals surface area contributed by atoms with Crippen LogP contribution in [0.2, 0.25) is 0 Å². The minimum Gasteiger partial charge on any atom is -0.491 e. The van der Waals surface area contributed by atoms with Gasteiger partial charge in [-0.2, -0.15) is 0 Å². The van der Waals surface area contributed by atoms with Crippen molar-refractivity contribution in [3.8, 4) is 17.1 Å². The highest BCUT2D eigenvalue weighted by Crippen LogP contribution is 2.30. The maximum atomic E-state index is 10.3. The van der Waals surface area contributed by atoms with E-state index in [2.05, 4.69) is 17.1 Å². The number of nitrogens with zero attached hydrogens (tertiary/aromatic N) is 3. The summed E-state index contributed by atoms with van der Waals surface area (Å²) in [4.78, 5) is 12.1. The minimum atomic E-state index is -0.577. The Morgan fingerprint density at radius 1 is 1.30 bits per heavy atom. The standard InChI is InChI=1S/C25H36N4O4/c1-17-23(11-18-8-10-32-15-18)27-24(28-25(17)29-9-4-6-20(30)14-29)19-5-3-7-22(12-19)33-16-21(31)13-26-2/h3,5,7,12,18,20-21,26,30-31H,4,6,8-11,13-16H2,1-2H3/t18-,20+,21?/m0/s1. The van der Waals surface area contributed by atoms with E-state index in [1.165, 1.54) is 0 Å². The van der Waals surface area contributed by atoms with Gasteiger partial charge in [0.15, 0.2) is 5.82 Å². The largest absolute Gasteiger partial charge is 0.491 e. The lowest BCUT2D eigenvalue weighted by Gasteiger charge is -2.32. The average Bonchev–Trinajstić information content (AvgIpc) is 3.32. The molecular weight excluding hydrogens is 420 g/mol. The molecule has 2 fully saturated rings. The van der Waals surface area contributed by atoms with E-state index in [4.69, 9.17) is 19.4 Å². The van der Waals surface area contributed by atoms with Crippen molar-refractivity contribution in [2.24, 2.45) is 5.92 Å². The molecule has 3 heterocycles. The van der Waals surface area contributed by atoms with Crippen LogP contribution in [0.25, 0.3) is 11.4 Å². The van der Waals surface area contributed by atoms with Crippen molar-refractivity contribution in [3.05, 3.63) is 35.5 Å². The van der Waals surface area contributed by atoms with Gasteiger partial charge in [-0.3, -0.25) is 0 Å². The molecule has 0 bridgehead atoms. The quantitative estimate of drug-likeness (QED) is 0.527. The normalized spacial score (nSPS) is 21.9. The van der Waals surface area contributed by atoms with E-state index in [1.54, 1.807) is 7.05 Å². The first-order chi connectivity index (χ1) is 16.0. The summed E-state index contributed by atoms with van der Waals surface area (Å²) in [6, 6.07) is 7.71. The van der Waals surface area contributed by atoms with Crippen LogP contribution in [-0.2, 0) is 11.2 Å². The van der Waals surface area contributed by atoms with E-state index in [9.17, 15) is 10.2 Å². The number of hydrogen-bond acceptors (Lipinski definition) is 8. The molecule has 0 amide bonds. The first kappa shape index (κ1) is 23.9.